The molecule has 2 aromatic carbocycles. The second kappa shape index (κ2) is 9.66. The van der Waals surface area contributed by atoms with Crippen molar-refractivity contribution in [2.75, 3.05) is 19.8 Å². The van der Waals surface area contributed by atoms with Crippen LogP contribution in [0.3, 0.4) is 0 Å². The highest BCUT2D eigenvalue weighted by molar-refractivity contribution is 7.89. The lowest BCUT2D eigenvalue weighted by Gasteiger charge is -2.17. The molecule has 0 bridgehead atoms. The molecule has 26 heavy (non-hydrogen) atoms. The Balaban J connectivity index is 2.01. The molecule has 2 N–H and O–H groups in total. The molecular weight excluding hydrogens is 357 g/mol. The van der Waals surface area contributed by atoms with Gasteiger partial charge in [-0.05, 0) is 49.4 Å². The van der Waals surface area contributed by atoms with E-state index in [4.69, 9.17) is 4.74 Å². The van der Waals surface area contributed by atoms with Gasteiger partial charge in [0.1, 0.15) is 0 Å². The zero-order valence-electron chi connectivity index (χ0n) is 14.7. The van der Waals surface area contributed by atoms with Crippen LogP contribution in [0.2, 0.25) is 0 Å². The van der Waals surface area contributed by atoms with E-state index in [0.717, 1.165) is 11.6 Å². The summed E-state index contributed by atoms with van der Waals surface area (Å²) in [6.45, 7) is 2.24. The summed E-state index contributed by atoms with van der Waals surface area (Å²) >= 11 is 0. The molecule has 142 valence electrons. The maximum Gasteiger partial charge on any atom is 0.240 e. The molecule has 0 spiro atoms. The van der Waals surface area contributed by atoms with Crippen molar-refractivity contribution in [2.45, 2.75) is 30.6 Å². The van der Waals surface area contributed by atoms with E-state index in [1.165, 1.54) is 12.1 Å². The van der Waals surface area contributed by atoms with Gasteiger partial charge in [-0.2, -0.15) is 0 Å². The summed E-state index contributed by atoms with van der Waals surface area (Å²) in [6.07, 6.45) is 1.08. The Labute approximate surface area is 153 Å². The fraction of sp³-hybridized carbons (Fsp3) is 0.368. The smallest absolute Gasteiger partial charge is 0.240 e. The molecule has 0 fully saturated rings. The fourth-order valence-electron chi connectivity index (χ4n) is 2.73. The molecule has 0 heterocycles. The molecule has 0 aliphatic carbocycles. The summed E-state index contributed by atoms with van der Waals surface area (Å²) < 4.78 is 46.2. The minimum Gasteiger partial charge on any atom is -0.491 e. The maximum absolute atomic E-state index is 13.9. The van der Waals surface area contributed by atoms with Crippen molar-refractivity contribution in [3.63, 3.8) is 0 Å². The number of benzene rings is 2. The first-order valence-electron chi connectivity index (χ1n) is 8.55. The second-order valence-electron chi connectivity index (χ2n) is 5.83. The molecule has 2 aromatic rings. The number of hydrogen-bond acceptors (Lipinski definition) is 4. The monoisotopic (exact) mass is 381 g/mol. The van der Waals surface area contributed by atoms with Crippen LogP contribution >= 0.6 is 0 Å². The number of aliphatic hydroxyl groups is 1. The van der Waals surface area contributed by atoms with Crippen molar-refractivity contribution >= 4 is 10.0 Å². The van der Waals surface area contributed by atoms with E-state index in [9.17, 15) is 17.9 Å². The van der Waals surface area contributed by atoms with Gasteiger partial charge in [0.05, 0.1) is 11.5 Å². The van der Waals surface area contributed by atoms with Gasteiger partial charge in [0.25, 0.3) is 0 Å². The van der Waals surface area contributed by atoms with Crippen LogP contribution in [0.5, 0.6) is 5.75 Å². The number of rotatable bonds is 10. The predicted octanol–water partition coefficient (Wildman–Crippen LogP) is 3.06. The average molecular weight is 381 g/mol. The van der Waals surface area contributed by atoms with Crippen LogP contribution in [0.25, 0.3) is 0 Å². The van der Waals surface area contributed by atoms with Gasteiger partial charge in [-0.15, -0.1) is 0 Å². The molecule has 0 aliphatic heterocycles. The Morgan fingerprint density at radius 2 is 1.88 bits per heavy atom. The number of ether oxygens (including phenoxy) is 1. The van der Waals surface area contributed by atoms with Crippen LogP contribution < -0.4 is 9.46 Å². The van der Waals surface area contributed by atoms with Crippen LogP contribution in [0.4, 0.5) is 4.39 Å². The van der Waals surface area contributed by atoms with Crippen molar-refractivity contribution < 1.29 is 22.7 Å². The van der Waals surface area contributed by atoms with Crippen molar-refractivity contribution in [3.8, 4) is 5.75 Å². The summed E-state index contributed by atoms with van der Waals surface area (Å²) in [5, 5.41) is 9.24. The van der Waals surface area contributed by atoms with Crippen molar-refractivity contribution in [2.24, 2.45) is 0 Å². The molecule has 0 amide bonds. The Kier molecular flexibility index (Phi) is 7.56. The van der Waals surface area contributed by atoms with E-state index < -0.39 is 15.8 Å². The highest BCUT2D eigenvalue weighted by atomic mass is 32.2. The van der Waals surface area contributed by atoms with Gasteiger partial charge in [0.2, 0.25) is 10.0 Å². The van der Waals surface area contributed by atoms with Crippen LogP contribution in [-0.2, 0) is 10.0 Å². The Bertz CT molecular complexity index is 796. The predicted molar refractivity (Wildman–Crippen MR) is 98.3 cm³/mol. The molecule has 0 saturated heterocycles. The lowest BCUT2D eigenvalue weighted by atomic mass is 9.93. The molecule has 5 nitrogen and oxygen atoms in total. The largest absolute Gasteiger partial charge is 0.491 e. The fourth-order valence-corrected chi connectivity index (χ4v) is 3.79. The highest BCUT2D eigenvalue weighted by Gasteiger charge is 2.18. The first kappa shape index (κ1) is 20.4. The zero-order chi connectivity index (χ0) is 19.0. The van der Waals surface area contributed by atoms with Gasteiger partial charge in [-0.1, -0.05) is 30.3 Å². The van der Waals surface area contributed by atoms with Gasteiger partial charge in [-0.25, -0.2) is 17.5 Å². The SMILES string of the molecule is CCOc1ccc(S(=O)(=O)NCC[C@@H](CCO)c2ccccc2)cc1F. The molecular formula is C19H24FNO4S. The van der Waals surface area contributed by atoms with E-state index >= 15 is 0 Å². The molecule has 0 aliphatic rings. The molecule has 0 unspecified atom stereocenters. The summed E-state index contributed by atoms with van der Waals surface area (Å²) in [6, 6.07) is 13.2. The van der Waals surface area contributed by atoms with E-state index in [0.29, 0.717) is 19.4 Å². The van der Waals surface area contributed by atoms with Crippen molar-refractivity contribution in [3.05, 3.63) is 59.9 Å². The first-order valence-corrected chi connectivity index (χ1v) is 10.0. The Morgan fingerprint density at radius 1 is 1.15 bits per heavy atom. The van der Waals surface area contributed by atoms with Crippen molar-refractivity contribution in [1.29, 1.82) is 0 Å². The standard InChI is InChI=1S/C19H24FNO4S/c1-2-25-19-9-8-17(14-18(19)20)26(23,24)21-12-10-16(11-13-22)15-6-4-3-5-7-15/h3-9,14,16,21-22H,2,10-13H2,1H3/t16-/m0/s1. The van der Waals surface area contributed by atoms with Gasteiger partial charge in [-0.3, -0.25) is 0 Å². The van der Waals surface area contributed by atoms with Gasteiger partial charge in [0.15, 0.2) is 11.6 Å². The van der Waals surface area contributed by atoms with E-state index in [-0.39, 0.29) is 29.7 Å². The molecule has 7 heteroatoms. The molecule has 1 atom stereocenters. The minimum absolute atomic E-state index is 0.0242. The van der Waals surface area contributed by atoms with Crippen LogP contribution in [0, 0.1) is 5.82 Å². The lowest BCUT2D eigenvalue weighted by molar-refractivity contribution is 0.273. The number of hydrogen-bond donors (Lipinski definition) is 2. The zero-order valence-corrected chi connectivity index (χ0v) is 15.5. The Hall–Kier alpha value is -1.96. The third kappa shape index (κ3) is 5.52. The topological polar surface area (TPSA) is 75.6 Å². The summed E-state index contributed by atoms with van der Waals surface area (Å²) in [7, 11) is -3.82. The van der Waals surface area contributed by atoms with Crippen LogP contribution in [0.15, 0.2) is 53.4 Å². The number of aliphatic hydroxyl groups excluding tert-OH is 1. The maximum atomic E-state index is 13.9. The van der Waals surface area contributed by atoms with Gasteiger partial charge >= 0.3 is 0 Å². The third-order valence-electron chi connectivity index (χ3n) is 4.05. The van der Waals surface area contributed by atoms with E-state index in [1.54, 1.807) is 6.92 Å². The number of halogens is 1. The van der Waals surface area contributed by atoms with Crippen molar-refractivity contribution in [1.82, 2.24) is 4.72 Å². The molecule has 2 rings (SSSR count). The first-order chi connectivity index (χ1) is 12.5. The highest BCUT2D eigenvalue weighted by Crippen LogP contribution is 2.24. The lowest BCUT2D eigenvalue weighted by Crippen LogP contribution is -2.26. The third-order valence-corrected chi connectivity index (χ3v) is 5.51. The average Bonchev–Trinajstić information content (AvgIpc) is 2.63. The van der Waals surface area contributed by atoms with Gasteiger partial charge in [0, 0.05) is 13.2 Å². The second-order valence-corrected chi connectivity index (χ2v) is 7.60. The minimum atomic E-state index is -3.82. The molecule has 0 saturated carbocycles. The number of sulfonamides is 1. The van der Waals surface area contributed by atoms with Gasteiger partial charge < -0.3 is 9.84 Å². The normalized spacial score (nSPS) is 12.7. The van der Waals surface area contributed by atoms with Crippen LogP contribution in [-0.4, -0.2) is 33.3 Å². The molecule has 0 radical (unpaired) electrons. The van der Waals surface area contributed by atoms with Crippen LogP contribution in [0.1, 0.15) is 31.2 Å². The van der Waals surface area contributed by atoms with E-state index in [2.05, 4.69) is 4.72 Å². The quantitative estimate of drug-likeness (QED) is 0.663. The summed E-state index contributed by atoms with van der Waals surface area (Å²) in [5.41, 5.74) is 1.05. The van der Waals surface area contributed by atoms with E-state index in [1.807, 2.05) is 30.3 Å². The summed E-state index contributed by atoms with van der Waals surface area (Å²) in [4.78, 5) is -0.142. The summed E-state index contributed by atoms with van der Waals surface area (Å²) in [5.74, 6) is -0.642. The Morgan fingerprint density at radius 3 is 2.50 bits per heavy atom. The molecule has 0 aromatic heterocycles. The number of nitrogens with one attached hydrogen (secondary N) is 1.